The van der Waals surface area contributed by atoms with Crippen LogP contribution in [-0.4, -0.2) is 167 Å². The smallest absolute Gasteiger partial charge is 0.303 e. The average molecular weight is 1160 g/mol. The number of hydrogen-bond donors (Lipinski definition) is 4. The van der Waals surface area contributed by atoms with E-state index in [0.717, 1.165) is 12.1 Å². The number of methoxy groups -OCH3 is 2. The van der Waals surface area contributed by atoms with E-state index in [4.69, 9.17) is 28.4 Å². The van der Waals surface area contributed by atoms with Gasteiger partial charge < -0.3 is 43.0 Å². The molecule has 0 amide bonds. The Kier molecular flexibility index (Phi) is 20.4. The van der Waals surface area contributed by atoms with Crippen LogP contribution in [0.2, 0.25) is 0 Å². The SMILES string of the molecule is CCN1C(=CC=CC2=[N+](CCCCCC(=O)O)c3ccc4c(S(=O)(=O)[O-])cc(S(=O)(=O)O)cc4c3C2(C)CCOCCOCCOC)C(C)(CCOCCOCCOC)c2c1ccc1c(S(=O)(=O)O)cc(S(=O)(=O)O)cc21. The Morgan fingerprint density at radius 3 is 1.66 bits per heavy atom. The van der Waals surface area contributed by atoms with E-state index >= 15 is 0 Å². The van der Waals surface area contributed by atoms with Crippen molar-refractivity contribution in [3.63, 3.8) is 0 Å². The summed E-state index contributed by atoms with van der Waals surface area (Å²) >= 11 is 0. The lowest BCUT2D eigenvalue weighted by Crippen LogP contribution is -2.33. The molecular weight excluding hydrogens is 1090 g/mol. The number of carbonyl (C=O) groups is 1. The first kappa shape index (κ1) is 61.4. The molecule has 77 heavy (non-hydrogen) atoms. The summed E-state index contributed by atoms with van der Waals surface area (Å²) in [5.74, 6) is -0.965. The van der Waals surface area contributed by atoms with Crippen LogP contribution in [0.1, 0.15) is 70.4 Å². The number of carboxylic acid groups (broad SMARTS) is 1. The minimum atomic E-state index is -5.34. The van der Waals surface area contributed by atoms with Crippen molar-refractivity contribution in [3.05, 3.63) is 83.6 Å². The highest BCUT2D eigenvalue weighted by molar-refractivity contribution is 7.87. The molecule has 2 heterocycles. The highest BCUT2D eigenvalue weighted by Crippen LogP contribution is 2.54. The van der Waals surface area contributed by atoms with Crippen LogP contribution in [-0.2, 0) is 84.5 Å². The van der Waals surface area contributed by atoms with E-state index in [0.29, 0.717) is 98.3 Å². The Balaban J connectivity index is 1.58. The molecule has 2 aliphatic heterocycles. The number of ether oxygens (including phenoxy) is 6. The Morgan fingerprint density at radius 2 is 1.14 bits per heavy atom. The van der Waals surface area contributed by atoms with E-state index in [1.54, 1.807) is 25.3 Å². The molecule has 0 aromatic heterocycles. The largest absolute Gasteiger partial charge is 0.744 e. The van der Waals surface area contributed by atoms with Gasteiger partial charge in [-0.2, -0.15) is 29.8 Å². The summed E-state index contributed by atoms with van der Waals surface area (Å²) in [6.45, 7) is 8.60. The van der Waals surface area contributed by atoms with E-state index in [-0.39, 0.29) is 87.0 Å². The van der Waals surface area contributed by atoms with Crippen LogP contribution in [0.15, 0.2) is 92.0 Å². The number of allylic oxidation sites excluding steroid dienone is 4. The zero-order valence-corrected chi connectivity index (χ0v) is 46.7. The van der Waals surface area contributed by atoms with Crippen molar-refractivity contribution < 1.29 is 94.8 Å². The fourth-order valence-corrected chi connectivity index (χ4v) is 12.9. The summed E-state index contributed by atoms with van der Waals surface area (Å²) in [4.78, 5) is 10.2. The Bertz CT molecular complexity index is 3400. The van der Waals surface area contributed by atoms with Crippen molar-refractivity contribution in [2.24, 2.45) is 0 Å². The quantitative estimate of drug-likeness (QED) is 0.0254. The predicted octanol–water partition coefficient (Wildman–Crippen LogP) is 6.02. The molecule has 4 N–H and O–H groups in total. The topological polar surface area (TPSA) is 319 Å². The van der Waals surface area contributed by atoms with Crippen LogP contribution in [0.4, 0.5) is 11.4 Å². The number of rotatable bonds is 31. The summed E-state index contributed by atoms with van der Waals surface area (Å²) in [6, 6.07) is 9.72. The minimum absolute atomic E-state index is 0.0136. The lowest BCUT2D eigenvalue weighted by molar-refractivity contribution is -0.438. The number of anilines is 1. The van der Waals surface area contributed by atoms with Gasteiger partial charge in [0.1, 0.15) is 21.6 Å². The molecule has 26 heteroatoms. The number of fused-ring (bicyclic) bond motifs is 6. The average Bonchev–Trinajstić information content (AvgIpc) is 3.97. The predicted molar refractivity (Wildman–Crippen MR) is 282 cm³/mol. The molecule has 2 aliphatic rings. The molecule has 22 nitrogen and oxygen atoms in total. The van der Waals surface area contributed by atoms with E-state index in [1.165, 1.54) is 19.2 Å². The maximum Gasteiger partial charge on any atom is 0.303 e. The minimum Gasteiger partial charge on any atom is -0.744 e. The van der Waals surface area contributed by atoms with Crippen LogP contribution in [0.25, 0.3) is 21.5 Å². The molecule has 424 valence electrons. The molecule has 0 radical (unpaired) electrons. The van der Waals surface area contributed by atoms with E-state index < -0.39 is 76.9 Å². The van der Waals surface area contributed by atoms with E-state index in [2.05, 4.69) is 0 Å². The van der Waals surface area contributed by atoms with Gasteiger partial charge in [0.2, 0.25) is 5.69 Å². The molecule has 0 saturated heterocycles. The second-order valence-electron chi connectivity index (χ2n) is 18.8. The molecule has 2 unspecified atom stereocenters. The fraction of sp³-hybridized carbons (Fsp3) is 0.490. The van der Waals surface area contributed by atoms with Crippen molar-refractivity contribution in [2.45, 2.75) is 89.7 Å². The summed E-state index contributed by atoms with van der Waals surface area (Å²) in [7, 11) is -17.4. The molecule has 0 fully saturated rings. The second-order valence-corrected chi connectivity index (χ2v) is 24.4. The third-order valence-electron chi connectivity index (χ3n) is 13.8. The van der Waals surface area contributed by atoms with Gasteiger partial charge in [-0.25, -0.2) is 8.42 Å². The van der Waals surface area contributed by atoms with Crippen LogP contribution < -0.4 is 4.90 Å². The van der Waals surface area contributed by atoms with Crippen molar-refractivity contribution in [1.29, 1.82) is 0 Å². The maximum atomic E-state index is 12.9. The number of nitrogens with zero attached hydrogens (tertiary/aromatic N) is 2. The normalized spacial score (nSPS) is 18.7. The Morgan fingerprint density at radius 1 is 0.636 bits per heavy atom. The summed E-state index contributed by atoms with van der Waals surface area (Å²) in [6.07, 6.45) is 7.02. The van der Waals surface area contributed by atoms with Gasteiger partial charge in [-0.15, -0.1) is 0 Å². The number of benzene rings is 4. The first-order valence-corrected chi connectivity index (χ1v) is 30.4. The molecule has 6 rings (SSSR count). The standard InChI is InChI=1S/C51H66N2O20S4/c1-6-52-41-16-14-37-39(31-35(74(56,57)58)33-43(37)76(62,63)64)48(41)50(2,18-21-70-27-29-72-25-23-68-4)45(52)11-10-12-46-51(3,19-22-71-28-30-73-26-24-69-5)49-40-32-36(75(59,60)61)34-44(77(65,66)67)38(40)15-17-42(49)53(46)20-9-7-8-13-47(54)55/h10-12,14-17,31-34H,6-9,13,18-30H2,1-5H3,(H4-,54,55,56,57,58,59,60,61,62,63,64,65,66,67). The third kappa shape index (κ3) is 14.2. The van der Waals surface area contributed by atoms with Crippen molar-refractivity contribution in [2.75, 3.05) is 98.3 Å². The highest BCUT2D eigenvalue weighted by atomic mass is 32.2. The van der Waals surface area contributed by atoms with Crippen LogP contribution in [0, 0.1) is 0 Å². The van der Waals surface area contributed by atoms with Crippen molar-refractivity contribution in [3.8, 4) is 0 Å². The number of unbranched alkanes of at least 4 members (excludes halogenated alkanes) is 2. The molecule has 4 aromatic carbocycles. The van der Waals surface area contributed by atoms with E-state index in [9.17, 15) is 61.8 Å². The molecular formula is C51H66N2O20S4. The number of likely N-dealkylation sites (N-methyl/N-ethyl adjacent to an activating group) is 1. The van der Waals surface area contributed by atoms with Gasteiger partial charge in [-0.1, -0.05) is 12.1 Å². The van der Waals surface area contributed by atoms with Gasteiger partial charge in [0.05, 0.1) is 73.0 Å². The van der Waals surface area contributed by atoms with Crippen molar-refractivity contribution in [1.82, 2.24) is 0 Å². The number of hydrogen-bond acceptors (Lipinski definition) is 17. The molecule has 0 saturated carbocycles. The zero-order valence-electron chi connectivity index (χ0n) is 43.4. The summed E-state index contributed by atoms with van der Waals surface area (Å²) in [5, 5.41) is 9.46. The molecule has 0 bridgehead atoms. The Hall–Kier alpha value is -4.78. The molecule has 2 atom stereocenters. The van der Waals surface area contributed by atoms with Gasteiger partial charge in [0, 0.05) is 92.1 Å². The summed E-state index contributed by atoms with van der Waals surface area (Å²) in [5.41, 5.74) is 0.848. The van der Waals surface area contributed by atoms with Gasteiger partial charge >= 0.3 is 5.97 Å². The second kappa shape index (κ2) is 25.6. The maximum absolute atomic E-state index is 12.9. The first-order valence-electron chi connectivity index (χ1n) is 24.7. The van der Waals surface area contributed by atoms with Gasteiger partial charge in [0.25, 0.3) is 30.4 Å². The fourth-order valence-electron chi connectivity index (χ4n) is 10.2. The molecule has 0 spiro atoms. The number of carboxylic acids is 1. The number of aliphatic carboxylic acids is 1. The lowest BCUT2D eigenvalue weighted by Gasteiger charge is -2.30. The monoisotopic (exact) mass is 1150 g/mol. The van der Waals surface area contributed by atoms with Crippen molar-refractivity contribution >= 4 is 85.1 Å². The third-order valence-corrected chi connectivity index (χ3v) is 17.3. The zero-order chi connectivity index (χ0) is 56.6. The molecule has 4 aromatic rings. The Labute approximate surface area is 449 Å². The first-order chi connectivity index (χ1) is 36.2. The van der Waals surface area contributed by atoms with Crippen LogP contribution >= 0.6 is 0 Å². The molecule has 0 aliphatic carbocycles. The van der Waals surface area contributed by atoms with Gasteiger partial charge in [-0.05, 0) is 105 Å². The van der Waals surface area contributed by atoms with E-state index in [1.807, 2.05) is 42.4 Å². The lowest BCUT2D eigenvalue weighted by atomic mass is 9.74. The van der Waals surface area contributed by atoms with Gasteiger partial charge in [-0.3, -0.25) is 18.5 Å². The highest BCUT2D eigenvalue weighted by Gasteiger charge is 2.50. The van der Waals surface area contributed by atoms with Crippen LogP contribution in [0.5, 0.6) is 0 Å². The summed E-state index contributed by atoms with van der Waals surface area (Å²) < 4.78 is 182. The van der Waals surface area contributed by atoms with Gasteiger partial charge in [0.15, 0.2) is 5.71 Å². The van der Waals surface area contributed by atoms with Crippen LogP contribution in [0.3, 0.4) is 0 Å².